The predicted octanol–water partition coefficient (Wildman–Crippen LogP) is 3.91. The standard InChI is InChI=1S/C22H25N3O2/c1-2-16-6-5-7-18(14-16)27-15-21(26)25-12-10-17(11-13-25)22-23-19-8-3-4-9-20(19)24-22/h3-9,14,17H,2,10-13,15H2,1H3,(H,23,24). The zero-order valence-electron chi connectivity index (χ0n) is 15.6. The lowest BCUT2D eigenvalue weighted by Crippen LogP contribution is -2.40. The lowest BCUT2D eigenvalue weighted by Gasteiger charge is -2.31. The Morgan fingerprint density at radius 3 is 2.78 bits per heavy atom. The van der Waals surface area contributed by atoms with E-state index in [0.717, 1.165) is 55.0 Å². The van der Waals surface area contributed by atoms with E-state index in [1.807, 2.05) is 41.3 Å². The summed E-state index contributed by atoms with van der Waals surface area (Å²) in [4.78, 5) is 22.5. The Balaban J connectivity index is 1.31. The first kappa shape index (κ1) is 17.6. The quantitative estimate of drug-likeness (QED) is 0.748. The number of hydrogen-bond donors (Lipinski definition) is 1. The minimum atomic E-state index is 0.0555. The molecule has 3 aromatic rings. The molecule has 2 heterocycles. The van der Waals surface area contributed by atoms with Crippen molar-refractivity contribution in [2.45, 2.75) is 32.1 Å². The van der Waals surface area contributed by atoms with Crippen molar-refractivity contribution in [3.05, 3.63) is 59.9 Å². The molecule has 5 nitrogen and oxygen atoms in total. The number of likely N-dealkylation sites (tertiary alicyclic amines) is 1. The molecule has 1 fully saturated rings. The predicted molar refractivity (Wildman–Crippen MR) is 106 cm³/mol. The molecule has 0 atom stereocenters. The van der Waals surface area contributed by atoms with Crippen LogP contribution in [0.3, 0.4) is 0 Å². The van der Waals surface area contributed by atoms with E-state index < -0.39 is 0 Å². The van der Waals surface area contributed by atoms with Crippen LogP contribution < -0.4 is 4.74 Å². The van der Waals surface area contributed by atoms with E-state index in [1.54, 1.807) is 0 Å². The molecule has 0 bridgehead atoms. The highest BCUT2D eigenvalue weighted by Gasteiger charge is 2.25. The molecule has 140 valence electrons. The molecule has 1 aliphatic rings. The highest BCUT2D eigenvalue weighted by Crippen LogP contribution is 2.27. The Morgan fingerprint density at radius 2 is 2.00 bits per heavy atom. The van der Waals surface area contributed by atoms with Gasteiger partial charge < -0.3 is 14.6 Å². The number of amides is 1. The third-order valence-corrected chi connectivity index (χ3v) is 5.31. The zero-order chi connectivity index (χ0) is 18.6. The molecule has 1 aliphatic heterocycles. The number of piperidine rings is 1. The first-order chi connectivity index (χ1) is 13.2. The van der Waals surface area contributed by atoms with Gasteiger partial charge in [0.25, 0.3) is 5.91 Å². The van der Waals surface area contributed by atoms with Gasteiger partial charge in [-0.15, -0.1) is 0 Å². The van der Waals surface area contributed by atoms with Gasteiger partial charge >= 0.3 is 0 Å². The molecule has 5 heteroatoms. The van der Waals surface area contributed by atoms with Gasteiger partial charge in [0, 0.05) is 19.0 Å². The topological polar surface area (TPSA) is 58.2 Å². The first-order valence-corrected chi connectivity index (χ1v) is 9.67. The minimum absolute atomic E-state index is 0.0555. The van der Waals surface area contributed by atoms with Crippen LogP contribution in [-0.2, 0) is 11.2 Å². The maximum Gasteiger partial charge on any atom is 0.260 e. The number of carbonyl (C=O) groups excluding carboxylic acids is 1. The monoisotopic (exact) mass is 363 g/mol. The molecule has 1 aromatic heterocycles. The molecule has 2 aromatic carbocycles. The molecule has 4 rings (SSSR count). The van der Waals surface area contributed by atoms with Crippen LogP contribution in [0.1, 0.15) is 37.1 Å². The first-order valence-electron chi connectivity index (χ1n) is 9.67. The summed E-state index contributed by atoms with van der Waals surface area (Å²) >= 11 is 0. The lowest BCUT2D eigenvalue weighted by molar-refractivity contribution is -0.134. The molecule has 0 unspecified atom stereocenters. The number of aromatic nitrogens is 2. The number of fused-ring (bicyclic) bond motifs is 1. The number of hydrogen-bond acceptors (Lipinski definition) is 3. The normalized spacial score (nSPS) is 15.2. The summed E-state index contributed by atoms with van der Waals surface area (Å²) in [5.74, 6) is 2.24. The number of imidazole rings is 1. The van der Waals surface area contributed by atoms with Gasteiger partial charge in [-0.3, -0.25) is 4.79 Å². The summed E-state index contributed by atoms with van der Waals surface area (Å²) in [6.07, 6.45) is 2.81. The largest absolute Gasteiger partial charge is 0.484 e. The molecule has 0 spiro atoms. The molecular weight excluding hydrogens is 338 g/mol. The number of aromatic amines is 1. The number of aryl methyl sites for hydroxylation is 1. The van der Waals surface area contributed by atoms with Crippen LogP contribution in [-0.4, -0.2) is 40.5 Å². The number of H-pyrrole nitrogens is 1. The van der Waals surface area contributed by atoms with Crippen LogP contribution in [0.2, 0.25) is 0 Å². The number of carbonyl (C=O) groups is 1. The summed E-state index contributed by atoms with van der Waals surface area (Å²) in [6.45, 7) is 3.71. The van der Waals surface area contributed by atoms with Crippen LogP contribution >= 0.6 is 0 Å². The lowest BCUT2D eigenvalue weighted by atomic mass is 9.96. The van der Waals surface area contributed by atoms with E-state index in [-0.39, 0.29) is 12.5 Å². The molecule has 1 N–H and O–H groups in total. The third-order valence-electron chi connectivity index (χ3n) is 5.31. The van der Waals surface area contributed by atoms with E-state index >= 15 is 0 Å². The SMILES string of the molecule is CCc1cccc(OCC(=O)N2CCC(c3nc4ccccc4[nH]3)CC2)c1. The molecule has 0 radical (unpaired) electrons. The van der Waals surface area contributed by atoms with Gasteiger partial charge in [-0.25, -0.2) is 4.98 Å². The Morgan fingerprint density at radius 1 is 1.19 bits per heavy atom. The van der Waals surface area contributed by atoms with Crippen molar-refractivity contribution in [2.75, 3.05) is 19.7 Å². The van der Waals surface area contributed by atoms with Gasteiger partial charge in [0.2, 0.25) is 0 Å². The fraction of sp³-hybridized carbons (Fsp3) is 0.364. The highest BCUT2D eigenvalue weighted by atomic mass is 16.5. The van der Waals surface area contributed by atoms with Gasteiger partial charge in [-0.05, 0) is 49.1 Å². The van der Waals surface area contributed by atoms with Gasteiger partial charge in [-0.1, -0.05) is 31.2 Å². The molecule has 1 saturated heterocycles. The smallest absolute Gasteiger partial charge is 0.260 e. The number of para-hydroxylation sites is 2. The molecular formula is C22H25N3O2. The van der Waals surface area contributed by atoms with E-state index in [2.05, 4.69) is 24.0 Å². The summed E-state index contributed by atoms with van der Waals surface area (Å²) in [5, 5.41) is 0. The van der Waals surface area contributed by atoms with Crippen molar-refractivity contribution in [1.29, 1.82) is 0 Å². The average molecular weight is 363 g/mol. The average Bonchev–Trinajstić information content (AvgIpc) is 3.16. The van der Waals surface area contributed by atoms with Crippen LogP contribution in [0.4, 0.5) is 0 Å². The van der Waals surface area contributed by atoms with Gasteiger partial charge in [0.05, 0.1) is 11.0 Å². The summed E-state index contributed by atoms with van der Waals surface area (Å²) < 4.78 is 5.71. The fourth-order valence-electron chi connectivity index (χ4n) is 3.66. The van der Waals surface area contributed by atoms with Crippen LogP contribution in [0.25, 0.3) is 11.0 Å². The van der Waals surface area contributed by atoms with E-state index in [1.165, 1.54) is 5.56 Å². The second-order valence-corrected chi connectivity index (χ2v) is 7.08. The van der Waals surface area contributed by atoms with Gasteiger partial charge in [-0.2, -0.15) is 0 Å². The Hall–Kier alpha value is -2.82. The molecule has 0 saturated carbocycles. The van der Waals surface area contributed by atoms with Crippen LogP contribution in [0.5, 0.6) is 5.75 Å². The van der Waals surface area contributed by atoms with Crippen molar-refractivity contribution in [2.24, 2.45) is 0 Å². The number of benzene rings is 2. The maximum absolute atomic E-state index is 12.5. The molecule has 1 amide bonds. The van der Waals surface area contributed by atoms with E-state index in [0.29, 0.717) is 5.92 Å². The minimum Gasteiger partial charge on any atom is -0.484 e. The second kappa shape index (κ2) is 7.82. The zero-order valence-corrected chi connectivity index (χ0v) is 15.6. The number of nitrogens with one attached hydrogen (secondary N) is 1. The second-order valence-electron chi connectivity index (χ2n) is 7.08. The van der Waals surface area contributed by atoms with E-state index in [9.17, 15) is 4.79 Å². The van der Waals surface area contributed by atoms with Gasteiger partial charge in [0.15, 0.2) is 6.61 Å². The molecule has 27 heavy (non-hydrogen) atoms. The Bertz CT molecular complexity index is 893. The van der Waals surface area contributed by atoms with E-state index in [4.69, 9.17) is 9.72 Å². The number of nitrogens with zero attached hydrogens (tertiary/aromatic N) is 2. The van der Waals surface area contributed by atoms with Crippen molar-refractivity contribution in [1.82, 2.24) is 14.9 Å². The van der Waals surface area contributed by atoms with Crippen molar-refractivity contribution >= 4 is 16.9 Å². The third kappa shape index (κ3) is 3.97. The Labute approximate surface area is 159 Å². The fourth-order valence-corrected chi connectivity index (χ4v) is 3.66. The Kier molecular flexibility index (Phi) is 5.10. The number of ether oxygens (including phenoxy) is 1. The van der Waals surface area contributed by atoms with Crippen molar-refractivity contribution in [3.63, 3.8) is 0 Å². The van der Waals surface area contributed by atoms with Crippen molar-refractivity contribution in [3.8, 4) is 5.75 Å². The summed E-state index contributed by atoms with van der Waals surface area (Å²) in [5.41, 5.74) is 3.30. The number of rotatable bonds is 5. The van der Waals surface area contributed by atoms with Gasteiger partial charge in [0.1, 0.15) is 11.6 Å². The molecule has 0 aliphatic carbocycles. The van der Waals surface area contributed by atoms with Crippen molar-refractivity contribution < 1.29 is 9.53 Å². The highest BCUT2D eigenvalue weighted by molar-refractivity contribution is 5.78. The summed E-state index contributed by atoms with van der Waals surface area (Å²) in [6, 6.07) is 16.0. The van der Waals surface area contributed by atoms with Crippen LogP contribution in [0.15, 0.2) is 48.5 Å². The summed E-state index contributed by atoms with van der Waals surface area (Å²) in [7, 11) is 0. The van der Waals surface area contributed by atoms with Crippen LogP contribution in [0, 0.1) is 0 Å². The maximum atomic E-state index is 12.5.